The van der Waals surface area contributed by atoms with Crippen molar-refractivity contribution in [2.75, 3.05) is 46.9 Å². The molecule has 18 heavy (non-hydrogen) atoms. The highest BCUT2D eigenvalue weighted by Crippen LogP contribution is 2.07. The average Bonchev–Trinajstić information content (AvgIpc) is 2.29. The molecule has 0 N–H and O–H groups in total. The Labute approximate surface area is 113 Å². The highest BCUT2D eigenvalue weighted by Gasteiger charge is 2.15. The van der Waals surface area contributed by atoms with E-state index in [0.717, 1.165) is 26.1 Å². The first kappa shape index (κ1) is 17.8. The van der Waals surface area contributed by atoms with Gasteiger partial charge in [-0.3, -0.25) is 4.90 Å². The molecule has 0 heterocycles. The maximum Gasteiger partial charge on any atom is 0.158 e. The summed E-state index contributed by atoms with van der Waals surface area (Å²) in [6.07, 6.45) is 0.883. The molecule has 0 fully saturated rings. The van der Waals surface area contributed by atoms with E-state index in [-0.39, 0.29) is 6.29 Å². The van der Waals surface area contributed by atoms with Crippen molar-refractivity contribution in [3.05, 3.63) is 0 Å². The van der Waals surface area contributed by atoms with Gasteiger partial charge in [0.25, 0.3) is 0 Å². The number of likely N-dealkylation sites (N-methyl/N-ethyl adjacent to an activating group) is 2. The van der Waals surface area contributed by atoms with Gasteiger partial charge >= 0.3 is 0 Å². The van der Waals surface area contributed by atoms with Crippen molar-refractivity contribution < 1.29 is 9.47 Å². The number of hydrogen-bond donors (Lipinski definition) is 0. The molecule has 0 aromatic carbocycles. The summed E-state index contributed by atoms with van der Waals surface area (Å²) in [6, 6.07) is 0.564. The van der Waals surface area contributed by atoms with E-state index >= 15 is 0 Å². The molecule has 0 radical (unpaired) electrons. The first-order chi connectivity index (χ1) is 8.54. The molecule has 1 atom stereocenters. The van der Waals surface area contributed by atoms with Crippen LogP contribution in [0.5, 0.6) is 0 Å². The van der Waals surface area contributed by atoms with Gasteiger partial charge in [-0.1, -0.05) is 6.92 Å². The van der Waals surface area contributed by atoms with Gasteiger partial charge in [0.15, 0.2) is 6.29 Å². The normalized spacial score (nSPS) is 13.8. The minimum absolute atomic E-state index is 0.0550. The number of rotatable bonds is 11. The van der Waals surface area contributed by atoms with Gasteiger partial charge in [0.05, 0.1) is 0 Å². The second-order valence-corrected chi connectivity index (χ2v) is 4.87. The zero-order valence-electron chi connectivity index (χ0n) is 13.1. The molecule has 4 nitrogen and oxygen atoms in total. The van der Waals surface area contributed by atoms with E-state index in [9.17, 15) is 0 Å². The smallest absolute Gasteiger partial charge is 0.158 e. The van der Waals surface area contributed by atoms with Crippen molar-refractivity contribution in [1.82, 2.24) is 9.80 Å². The topological polar surface area (TPSA) is 24.9 Å². The zero-order chi connectivity index (χ0) is 14.0. The Bertz CT molecular complexity index is 183. The second kappa shape index (κ2) is 10.7. The molecule has 1 unspecified atom stereocenters. The third-order valence-corrected chi connectivity index (χ3v) is 3.02. The van der Waals surface area contributed by atoms with Crippen LogP contribution in [0.3, 0.4) is 0 Å². The van der Waals surface area contributed by atoms with Gasteiger partial charge in [0, 0.05) is 38.8 Å². The van der Waals surface area contributed by atoms with Crippen LogP contribution in [0.2, 0.25) is 0 Å². The Hall–Kier alpha value is -0.160. The van der Waals surface area contributed by atoms with Crippen molar-refractivity contribution in [3.8, 4) is 0 Å². The van der Waals surface area contributed by atoms with Crippen LogP contribution < -0.4 is 0 Å². The van der Waals surface area contributed by atoms with Gasteiger partial charge in [-0.05, 0) is 41.4 Å². The molecule has 0 saturated heterocycles. The summed E-state index contributed by atoms with van der Waals surface area (Å²) >= 11 is 0. The first-order valence-electron chi connectivity index (χ1n) is 7.17. The van der Waals surface area contributed by atoms with Crippen LogP contribution >= 0.6 is 0 Å². The van der Waals surface area contributed by atoms with Crippen LogP contribution in [0, 0.1) is 0 Å². The van der Waals surface area contributed by atoms with Crippen LogP contribution in [0.4, 0.5) is 0 Å². The summed E-state index contributed by atoms with van der Waals surface area (Å²) in [4.78, 5) is 4.71. The minimum Gasteiger partial charge on any atom is -0.353 e. The fraction of sp³-hybridized carbons (Fsp3) is 1.00. The number of ether oxygens (including phenoxy) is 2. The predicted molar refractivity (Wildman–Crippen MR) is 76.9 cm³/mol. The van der Waals surface area contributed by atoms with E-state index in [1.54, 1.807) is 0 Å². The average molecular weight is 260 g/mol. The number of nitrogens with zero attached hydrogens (tertiary/aromatic N) is 2. The van der Waals surface area contributed by atoms with Crippen LogP contribution in [-0.2, 0) is 9.47 Å². The summed E-state index contributed by atoms with van der Waals surface area (Å²) in [5.41, 5.74) is 0. The first-order valence-corrected chi connectivity index (χ1v) is 7.17. The summed E-state index contributed by atoms with van der Waals surface area (Å²) in [7, 11) is 4.24. The van der Waals surface area contributed by atoms with Crippen LogP contribution in [-0.4, -0.2) is 69.1 Å². The van der Waals surface area contributed by atoms with Crippen molar-refractivity contribution in [2.24, 2.45) is 0 Å². The van der Waals surface area contributed by atoms with E-state index in [4.69, 9.17) is 9.47 Å². The molecule has 0 aromatic rings. The molecule has 0 aliphatic rings. The Kier molecular flexibility index (Phi) is 10.6. The third-order valence-electron chi connectivity index (χ3n) is 3.02. The minimum atomic E-state index is -0.0550. The van der Waals surface area contributed by atoms with E-state index in [2.05, 4.69) is 37.7 Å². The molecular formula is C14H32N2O2. The van der Waals surface area contributed by atoms with Gasteiger partial charge in [-0.2, -0.15) is 0 Å². The molecule has 0 bridgehead atoms. The maximum atomic E-state index is 5.58. The van der Waals surface area contributed by atoms with Crippen LogP contribution in [0.25, 0.3) is 0 Å². The predicted octanol–water partition coefficient (Wildman–Crippen LogP) is 2.05. The summed E-state index contributed by atoms with van der Waals surface area (Å²) in [5.74, 6) is 0. The molecule has 0 aliphatic heterocycles. The lowest BCUT2D eigenvalue weighted by Gasteiger charge is -2.31. The molecule has 4 heteroatoms. The second-order valence-electron chi connectivity index (χ2n) is 4.87. The van der Waals surface area contributed by atoms with Gasteiger partial charge < -0.3 is 14.4 Å². The quantitative estimate of drug-likeness (QED) is 0.531. The van der Waals surface area contributed by atoms with Gasteiger partial charge in [0.1, 0.15) is 0 Å². The summed E-state index contributed by atoms with van der Waals surface area (Å²) < 4.78 is 11.2. The summed E-state index contributed by atoms with van der Waals surface area (Å²) in [6.45, 7) is 13.1. The Balaban J connectivity index is 4.09. The van der Waals surface area contributed by atoms with E-state index in [1.807, 2.05) is 13.8 Å². The van der Waals surface area contributed by atoms with Gasteiger partial charge in [-0.25, -0.2) is 0 Å². The monoisotopic (exact) mass is 260 g/mol. The number of hydrogen-bond acceptors (Lipinski definition) is 4. The van der Waals surface area contributed by atoms with Crippen LogP contribution in [0.15, 0.2) is 0 Å². The van der Waals surface area contributed by atoms with Gasteiger partial charge in [-0.15, -0.1) is 0 Å². The molecule has 110 valence electrons. The molecule has 0 aliphatic carbocycles. The lowest BCUT2D eigenvalue weighted by Crippen LogP contribution is -2.41. The van der Waals surface area contributed by atoms with Crippen molar-refractivity contribution in [2.45, 2.75) is 46.4 Å². The largest absolute Gasteiger partial charge is 0.353 e. The Morgan fingerprint density at radius 2 is 1.56 bits per heavy atom. The highest BCUT2D eigenvalue weighted by atomic mass is 16.7. The Morgan fingerprint density at radius 3 is 1.94 bits per heavy atom. The van der Waals surface area contributed by atoms with Crippen LogP contribution in [0.1, 0.15) is 34.1 Å². The van der Waals surface area contributed by atoms with E-state index < -0.39 is 0 Å². The molecule has 0 saturated carbocycles. The highest BCUT2D eigenvalue weighted by molar-refractivity contribution is 4.69. The SMILES string of the molecule is CCOC(CCN(CC)C(C)CN(C)C)OCC. The van der Waals surface area contributed by atoms with Crippen molar-refractivity contribution >= 4 is 0 Å². The standard InChI is InChI=1S/C14H32N2O2/c1-7-16(13(4)12-15(5)6)11-10-14(17-8-2)18-9-3/h13-14H,7-12H2,1-6H3. The fourth-order valence-electron chi connectivity index (χ4n) is 2.19. The fourth-order valence-corrected chi connectivity index (χ4v) is 2.19. The lowest BCUT2D eigenvalue weighted by molar-refractivity contribution is -0.142. The molecule has 0 amide bonds. The lowest BCUT2D eigenvalue weighted by atomic mass is 10.2. The van der Waals surface area contributed by atoms with Crippen molar-refractivity contribution in [1.29, 1.82) is 0 Å². The molecular weight excluding hydrogens is 228 g/mol. The molecule has 0 spiro atoms. The van der Waals surface area contributed by atoms with Crippen molar-refractivity contribution in [3.63, 3.8) is 0 Å². The Morgan fingerprint density at radius 1 is 1.00 bits per heavy atom. The van der Waals surface area contributed by atoms with E-state index in [0.29, 0.717) is 19.3 Å². The summed E-state index contributed by atoms with van der Waals surface area (Å²) in [5, 5.41) is 0. The third kappa shape index (κ3) is 8.03. The van der Waals surface area contributed by atoms with Gasteiger partial charge in [0.2, 0.25) is 0 Å². The van der Waals surface area contributed by atoms with E-state index in [1.165, 1.54) is 0 Å². The molecule has 0 aromatic heterocycles. The maximum absolute atomic E-state index is 5.58. The molecule has 0 rings (SSSR count). The zero-order valence-corrected chi connectivity index (χ0v) is 13.1.